The molecule has 0 atom stereocenters. The van der Waals surface area contributed by atoms with E-state index < -0.39 is 0 Å². The Morgan fingerprint density at radius 1 is 0.958 bits per heavy atom. The van der Waals surface area contributed by atoms with Gasteiger partial charge in [0.1, 0.15) is 10.9 Å². The summed E-state index contributed by atoms with van der Waals surface area (Å²) in [6.45, 7) is 8.47. The second-order valence-electron chi connectivity index (χ2n) is 6.10. The fraction of sp³-hybridized carbons (Fsp3) is 0.353. The summed E-state index contributed by atoms with van der Waals surface area (Å²) in [5.74, 6) is 2.21. The van der Waals surface area contributed by atoms with Crippen LogP contribution in [0.5, 0.6) is 0 Å². The highest BCUT2D eigenvalue weighted by molar-refractivity contribution is 7.99. The first kappa shape index (κ1) is 16.6. The summed E-state index contributed by atoms with van der Waals surface area (Å²) in [5, 5.41) is 8.76. The van der Waals surface area contributed by atoms with Crippen molar-refractivity contribution >= 4 is 11.8 Å². The van der Waals surface area contributed by atoms with Crippen molar-refractivity contribution in [1.29, 1.82) is 0 Å². The van der Waals surface area contributed by atoms with Crippen molar-refractivity contribution in [3.8, 4) is 11.4 Å². The predicted octanol–water partition coefficient (Wildman–Crippen LogP) is 4.05. The monoisotopic (exact) mass is 340 g/mol. The smallest absolute Gasteiger partial charge is 0.215 e. The molecule has 0 bridgehead atoms. The molecule has 0 aromatic carbocycles. The van der Waals surface area contributed by atoms with Crippen molar-refractivity contribution in [1.82, 2.24) is 30.1 Å². The van der Waals surface area contributed by atoms with Gasteiger partial charge < -0.3 is 0 Å². The molecule has 3 aromatic rings. The van der Waals surface area contributed by atoms with Gasteiger partial charge in [0.25, 0.3) is 0 Å². The van der Waals surface area contributed by atoms with E-state index in [1.165, 1.54) is 11.8 Å². The van der Waals surface area contributed by atoms with Crippen LogP contribution >= 0.6 is 11.8 Å². The van der Waals surface area contributed by atoms with Crippen LogP contribution in [0.3, 0.4) is 0 Å². The number of pyridine rings is 1. The summed E-state index contributed by atoms with van der Waals surface area (Å²) in [7, 11) is 0. The van der Waals surface area contributed by atoms with Gasteiger partial charge in [0.15, 0.2) is 5.82 Å². The third-order valence-electron chi connectivity index (χ3n) is 3.46. The highest BCUT2D eigenvalue weighted by atomic mass is 32.2. The fourth-order valence-corrected chi connectivity index (χ4v) is 2.83. The molecule has 3 rings (SSSR count). The third kappa shape index (κ3) is 3.79. The van der Waals surface area contributed by atoms with Gasteiger partial charge in [-0.1, -0.05) is 27.7 Å². The van der Waals surface area contributed by atoms with E-state index in [4.69, 9.17) is 0 Å². The molecule has 1 N–H and O–H groups in total. The molecule has 0 fully saturated rings. The number of hydrogen-bond donors (Lipinski definition) is 1. The van der Waals surface area contributed by atoms with Gasteiger partial charge in [0, 0.05) is 29.6 Å². The lowest BCUT2D eigenvalue weighted by molar-refractivity contribution is 0.709. The maximum atomic E-state index is 4.65. The molecule has 0 unspecified atom stereocenters. The Labute approximate surface area is 145 Å². The minimum atomic E-state index is 0.280. The highest BCUT2D eigenvalue weighted by Gasteiger charge is 2.13. The van der Waals surface area contributed by atoms with E-state index in [1.54, 1.807) is 12.4 Å². The Kier molecular flexibility index (Phi) is 4.89. The maximum Gasteiger partial charge on any atom is 0.215 e. The van der Waals surface area contributed by atoms with Crippen LogP contribution < -0.4 is 0 Å². The Morgan fingerprint density at radius 2 is 1.71 bits per heavy atom. The standard InChI is InChI=1S/C17H20N6S/c1-10(2)13-9-14(20-15(19-13)11(3)4)24-17-21-16(22-23-17)12-5-7-18-8-6-12/h5-11H,1-4H3,(H,21,22,23). The lowest BCUT2D eigenvalue weighted by atomic mass is 10.1. The summed E-state index contributed by atoms with van der Waals surface area (Å²) in [5.41, 5.74) is 2.00. The summed E-state index contributed by atoms with van der Waals surface area (Å²) < 4.78 is 0. The van der Waals surface area contributed by atoms with Gasteiger partial charge in [0.05, 0.1) is 0 Å². The molecule has 0 aliphatic rings. The first-order valence-electron chi connectivity index (χ1n) is 7.92. The summed E-state index contributed by atoms with van der Waals surface area (Å²) in [6, 6.07) is 5.81. The van der Waals surface area contributed by atoms with Crippen LogP contribution in [-0.2, 0) is 0 Å². The van der Waals surface area contributed by atoms with Gasteiger partial charge in [-0.05, 0) is 35.9 Å². The van der Waals surface area contributed by atoms with Crippen molar-refractivity contribution in [2.24, 2.45) is 0 Å². The molecule has 0 radical (unpaired) electrons. The minimum absolute atomic E-state index is 0.280. The molecule has 0 saturated carbocycles. The Bertz CT molecular complexity index is 787. The number of H-pyrrole nitrogens is 1. The van der Waals surface area contributed by atoms with E-state index >= 15 is 0 Å². The zero-order valence-electron chi connectivity index (χ0n) is 14.2. The second kappa shape index (κ2) is 7.09. The van der Waals surface area contributed by atoms with Gasteiger partial charge in [0.2, 0.25) is 5.16 Å². The van der Waals surface area contributed by atoms with Gasteiger partial charge >= 0.3 is 0 Å². The van der Waals surface area contributed by atoms with Crippen molar-refractivity contribution in [2.45, 2.75) is 49.7 Å². The Hall–Kier alpha value is -2.28. The lowest BCUT2D eigenvalue weighted by Crippen LogP contribution is -2.04. The van der Waals surface area contributed by atoms with Crippen LogP contribution in [0.15, 0.2) is 40.8 Å². The summed E-state index contributed by atoms with van der Waals surface area (Å²) in [4.78, 5) is 17.8. The Balaban J connectivity index is 1.87. The van der Waals surface area contributed by atoms with Gasteiger partial charge in [-0.25, -0.2) is 15.0 Å². The van der Waals surface area contributed by atoms with E-state index in [1.807, 2.05) is 18.2 Å². The quantitative estimate of drug-likeness (QED) is 0.706. The highest BCUT2D eigenvalue weighted by Crippen LogP contribution is 2.28. The zero-order chi connectivity index (χ0) is 17.1. The second-order valence-corrected chi connectivity index (χ2v) is 7.09. The van der Waals surface area contributed by atoms with Gasteiger partial charge in [-0.3, -0.25) is 10.1 Å². The summed E-state index contributed by atoms with van der Waals surface area (Å²) in [6.07, 6.45) is 3.47. The van der Waals surface area contributed by atoms with E-state index in [9.17, 15) is 0 Å². The molecule has 6 nitrogen and oxygen atoms in total. The number of hydrogen-bond acceptors (Lipinski definition) is 6. The van der Waals surface area contributed by atoms with Crippen LogP contribution in [0.2, 0.25) is 0 Å². The van der Waals surface area contributed by atoms with Gasteiger partial charge in [-0.2, -0.15) is 0 Å². The average Bonchev–Trinajstić information content (AvgIpc) is 3.03. The first-order valence-corrected chi connectivity index (χ1v) is 8.74. The lowest BCUT2D eigenvalue weighted by Gasteiger charge is -2.11. The van der Waals surface area contributed by atoms with Crippen LogP contribution in [-0.4, -0.2) is 30.1 Å². The molecule has 0 amide bonds. The fourth-order valence-electron chi connectivity index (χ4n) is 2.09. The first-order chi connectivity index (χ1) is 11.5. The van der Waals surface area contributed by atoms with E-state index in [0.29, 0.717) is 11.1 Å². The molecule has 124 valence electrons. The zero-order valence-corrected chi connectivity index (χ0v) is 15.0. The SMILES string of the molecule is CC(C)c1cc(Sc2n[nH]c(-c3ccncc3)n2)nc(C(C)C)n1. The largest absolute Gasteiger partial charge is 0.265 e. The molecule has 3 heterocycles. The number of rotatable bonds is 5. The van der Waals surface area contributed by atoms with E-state index in [2.05, 4.69) is 57.8 Å². The normalized spacial score (nSPS) is 11.4. The molecule has 24 heavy (non-hydrogen) atoms. The predicted molar refractivity (Wildman–Crippen MR) is 93.9 cm³/mol. The van der Waals surface area contributed by atoms with E-state index in [-0.39, 0.29) is 5.92 Å². The third-order valence-corrected chi connectivity index (χ3v) is 4.25. The minimum Gasteiger partial charge on any atom is -0.265 e. The van der Waals surface area contributed by atoms with Crippen LogP contribution in [0.1, 0.15) is 51.0 Å². The summed E-state index contributed by atoms with van der Waals surface area (Å²) >= 11 is 1.45. The number of nitrogens with zero attached hydrogens (tertiary/aromatic N) is 5. The molecule has 0 spiro atoms. The molecular weight excluding hydrogens is 320 g/mol. The Morgan fingerprint density at radius 3 is 2.38 bits per heavy atom. The van der Waals surface area contributed by atoms with Crippen molar-refractivity contribution in [3.63, 3.8) is 0 Å². The van der Waals surface area contributed by atoms with Crippen LogP contribution in [0.25, 0.3) is 11.4 Å². The topological polar surface area (TPSA) is 80.2 Å². The maximum absolute atomic E-state index is 4.65. The number of aromatic amines is 1. The van der Waals surface area contributed by atoms with Crippen molar-refractivity contribution in [3.05, 3.63) is 42.1 Å². The average molecular weight is 340 g/mol. The molecule has 7 heteroatoms. The molecular formula is C17H20N6S. The molecule has 3 aromatic heterocycles. The molecule has 0 saturated heterocycles. The van der Waals surface area contributed by atoms with Crippen LogP contribution in [0.4, 0.5) is 0 Å². The number of nitrogens with one attached hydrogen (secondary N) is 1. The molecule has 0 aliphatic carbocycles. The van der Waals surface area contributed by atoms with E-state index in [0.717, 1.165) is 27.9 Å². The van der Waals surface area contributed by atoms with Crippen LogP contribution in [0, 0.1) is 0 Å². The van der Waals surface area contributed by atoms with Crippen molar-refractivity contribution in [2.75, 3.05) is 0 Å². The molecule has 0 aliphatic heterocycles. The van der Waals surface area contributed by atoms with Gasteiger partial charge in [-0.15, -0.1) is 5.10 Å². The number of aromatic nitrogens is 6. The van der Waals surface area contributed by atoms with Crippen molar-refractivity contribution < 1.29 is 0 Å².